The van der Waals surface area contributed by atoms with Crippen molar-refractivity contribution in [3.8, 4) is 0 Å². The molecule has 12 heavy (non-hydrogen) atoms. The van der Waals surface area contributed by atoms with Gasteiger partial charge < -0.3 is 9.47 Å². The first kappa shape index (κ1) is 9.32. The molecule has 1 rings (SSSR count). The van der Waals surface area contributed by atoms with E-state index in [0.717, 1.165) is 0 Å². The van der Waals surface area contributed by atoms with Crippen molar-refractivity contribution in [2.24, 2.45) is 11.0 Å². The lowest BCUT2D eigenvalue weighted by molar-refractivity contribution is -0.0829. The Morgan fingerprint density at radius 3 is 2.50 bits per heavy atom. The average molecular weight is 171 g/mol. The molecule has 0 aromatic carbocycles. The Hall–Kier alpha value is -0.770. The molecule has 0 spiro atoms. The van der Waals surface area contributed by atoms with Crippen molar-refractivity contribution in [2.75, 3.05) is 13.2 Å². The number of azide groups is 1. The molecule has 0 aromatic heterocycles. The summed E-state index contributed by atoms with van der Waals surface area (Å²) in [4.78, 5) is 2.74. The summed E-state index contributed by atoms with van der Waals surface area (Å²) in [6.07, 6.45) is -0.203. The second-order valence-corrected chi connectivity index (χ2v) is 2.91. The Morgan fingerprint density at radius 2 is 2.00 bits per heavy atom. The molecule has 5 nitrogen and oxygen atoms in total. The number of hydrogen-bond acceptors (Lipinski definition) is 3. The normalized spacial score (nSPS) is 23.2. The summed E-state index contributed by atoms with van der Waals surface area (Å²) in [7, 11) is 0. The smallest absolute Gasteiger partial charge is 0.160 e. The predicted molar refractivity (Wildman–Crippen MR) is 43.5 cm³/mol. The van der Waals surface area contributed by atoms with Crippen molar-refractivity contribution >= 4 is 0 Å². The minimum atomic E-state index is -0.203. The monoisotopic (exact) mass is 171 g/mol. The van der Waals surface area contributed by atoms with Crippen molar-refractivity contribution in [1.29, 1.82) is 0 Å². The summed E-state index contributed by atoms with van der Waals surface area (Å²) < 4.78 is 10.6. The minimum absolute atomic E-state index is 0.0851. The lowest BCUT2D eigenvalue weighted by Crippen LogP contribution is -2.26. The molecule has 0 bridgehead atoms. The molecule has 1 saturated heterocycles. The third-order valence-electron chi connectivity index (χ3n) is 2.07. The zero-order valence-corrected chi connectivity index (χ0v) is 7.30. The van der Waals surface area contributed by atoms with Crippen LogP contribution in [0.15, 0.2) is 5.11 Å². The van der Waals surface area contributed by atoms with Crippen LogP contribution in [0, 0.1) is 5.92 Å². The fraction of sp³-hybridized carbons (Fsp3) is 1.00. The summed E-state index contributed by atoms with van der Waals surface area (Å²) in [6, 6.07) is -0.0851. The van der Waals surface area contributed by atoms with Gasteiger partial charge in [-0.2, -0.15) is 0 Å². The van der Waals surface area contributed by atoms with Gasteiger partial charge in [0.25, 0.3) is 0 Å². The van der Waals surface area contributed by atoms with E-state index in [9.17, 15) is 0 Å². The minimum Gasteiger partial charge on any atom is -0.350 e. The molecular formula is C7H13N3O2. The van der Waals surface area contributed by atoms with E-state index in [1.165, 1.54) is 0 Å². The van der Waals surface area contributed by atoms with Gasteiger partial charge in [-0.1, -0.05) is 19.0 Å². The van der Waals surface area contributed by atoms with Crippen LogP contribution in [0.4, 0.5) is 0 Å². The maximum absolute atomic E-state index is 8.21. The molecule has 1 aliphatic rings. The van der Waals surface area contributed by atoms with E-state index in [2.05, 4.69) is 10.0 Å². The van der Waals surface area contributed by atoms with Crippen LogP contribution in [0.3, 0.4) is 0 Å². The van der Waals surface area contributed by atoms with Crippen LogP contribution >= 0.6 is 0 Å². The van der Waals surface area contributed by atoms with Crippen molar-refractivity contribution in [1.82, 2.24) is 0 Å². The van der Waals surface area contributed by atoms with E-state index in [0.29, 0.717) is 13.2 Å². The lowest BCUT2D eigenvalue weighted by atomic mass is 10.0. The van der Waals surface area contributed by atoms with Crippen LogP contribution < -0.4 is 0 Å². The Labute approximate surface area is 71.3 Å². The van der Waals surface area contributed by atoms with Gasteiger partial charge in [0, 0.05) is 16.9 Å². The van der Waals surface area contributed by atoms with Gasteiger partial charge in [-0.05, 0) is 5.53 Å². The highest BCUT2D eigenvalue weighted by Crippen LogP contribution is 2.19. The SMILES string of the molecule is C[C@H](N=[N+]=[N-])[C@@H](C)C1OCCO1. The van der Waals surface area contributed by atoms with Crippen LogP contribution in [0.25, 0.3) is 10.4 Å². The molecular weight excluding hydrogens is 158 g/mol. The average Bonchev–Trinajstić information content (AvgIpc) is 2.55. The summed E-state index contributed by atoms with van der Waals surface area (Å²) in [6.45, 7) is 5.08. The highest BCUT2D eigenvalue weighted by Gasteiger charge is 2.26. The zero-order valence-electron chi connectivity index (χ0n) is 7.30. The van der Waals surface area contributed by atoms with Gasteiger partial charge in [0.2, 0.25) is 0 Å². The molecule has 1 heterocycles. The van der Waals surface area contributed by atoms with Crippen LogP contribution in [0.1, 0.15) is 13.8 Å². The van der Waals surface area contributed by atoms with E-state index in [-0.39, 0.29) is 18.2 Å². The fourth-order valence-corrected chi connectivity index (χ4v) is 1.09. The summed E-state index contributed by atoms with van der Waals surface area (Å²) >= 11 is 0. The summed E-state index contributed by atoms with van der Waals surface area (Å²) in [5.74, 6) is 0.114. The zero-order chi connectivity index (χ0) is 8.97. The maximum Gasteiger partial charge on any atom is 0.160 e. The predicted octanol–water partition coefficient (Wildman–Crippen LogP) is 1.69. The lowest BCUT2D eigenvalue weighted by Gasteiger charge is -2.20. The standard InChI is InChI=1S/C7H13N3O2/c1-5(6(2)9-10-8)7-11-3-4-12-7/h5-7H,3-4H2,1-2H3/t5-,6+/m1/s1. The maximum atomic E-state index is 8.21. The number of nitrogens with zero attached hydrogens (tertiary/aromatic N) is 3. The molecule has 0 aromatic rings. The van der Waals surface area contributed by atoms with Gasteiger partial charge in [0.15, 0.2) is 6.29 Å². The first-order chi connectivity index (χ1) is 5.75. The van der Waals surface area contributed by atoms with Crippen LogP contribution in [0.5, 0.6) is 0 Å². The van der Waals surface area contributed by atoms with Crippen LogP contribution in [-0.2, 0) is 9.47 Å². The first-order valence-electron chi connectivity index (χ1n) is 4.03. The largest absolute Gasteiger partial charge is 0.350 e. The van der Waals surface area contributed by atoms with E-state index in [1.54, 1.807) is 0 Å². The first-order valence-corrected chi connectivity index (χ1v) is 4.03. The van der Waals surface area contributed by atoms with E-state index in [4.69, 9.17) is 15.0 Å². The van der Waals surface area contributed by atoms with Crippen LogP contribution in [-0.4, -0.2) is 25.5 Å². The Balaban J connectivity index is 2.44. The topological polar surface area (TPSA) is 67.2 Å². The Kier molecular flexibility index (Phi) is 3.34. The quantitative estimate of drug-likeness (QED) is 0.368. The second kappa shape index (κ2) is 4.30. The second-order valence-electron chi connectivity index (χ2n) is 2.91. The molecule has 1 fully saturated rings. The molecule has 0 amide bonds. The van der Waals surface area contributed by atoms with Crippen molar-refractivity contribution < 1.29 is 9.47 Å². The number of rotatable bonds is 3. The van der Waals surface area contributed by atoms with Gasteiger partial charge in [-0.15, -0.1) is 0 Å². The van der Waals surface area contributed by atoms with Gasteiger partial charge in [-0.25, -0.2) is 0 Å². The third kappa shape index (κ3) is 2.11. The molecule has 0 saturated carbocycles. The van der Waals surface area contributed by atoms with Crippen molar-refractivity contribution in [2.45, 2.75) is 26.2 Å². The van der Waals surface area contributed by atoms with E-state index < -0.39 is 0 Å². The number of ether oxygens (including phenoxy) is 2. The van der Waals surface area contributed by atoms with E-state index >= 15 is 0 Å². The summed E-state index contributed by atoms with van der Waals surface area (Å²) in [5, 5.41) is 3.59. The van der Waals surface area contributed by atoms with E-state index in [1.807, 2.05) is 13.8 Å². The van der Waals surface area contributed by atoms with Gasteiger partial charge in [0.1, 0.15) is 0 Å². The fourth-order valence-electron chi connectivity index (χ4n) is 1.09. The van der Waals surface area contributed by atoms with Gasteiger partial charge in [0.05, 0.1) is 13.2 Å². The third-order valence-corrected chi connectivity index (χ3v) is 2.07. The van der Waals surface area contributed by atoms with Crippen molar-refractivity contribution in [3.63, 3.8) is 0 Å². The molecule has 68 valence electrons. The van der Waals surface area contributed by atoms with Crippen molar-refractivity contribution in [3.05, 3.63) is 10.4 Å². The molecule has 0 aliphatic carbocycles. The molecule has 0 unspecified atom stereocenters. The summed E-state index contributed by atoms with van der Waals surface area (Å²) in [5.41, 5.74) is 8.21. The molecule has 2 atom stereocenters. The molecule has 0 N–H and O–H groups in total. The van der Waals surface area contributed by atoms with Crippen LogP contribution in [0.2, 0.25) is 0 Å². The Morgan fingerprint density at radius 1 is 1.42 bits per heavy atom. The molecule has 5 heteroatoms. The van der Waals surface area contributed by atoms with Gasteiger partial charge in [-0.3, -0.25) is 0 Å². The highest BCUT2D eigenvalue weighted by atomic mass is 16.7. The Bertz CT molecular complexity index is 185. The molecule has 1 aliphatic heterocycles. The van der Waals surface area contributed by atoms with Gasteiger partial charge >= 0.3 is 0 Å². The molecule has 0 radical (unpaired) electrons. The highest BCUT2D eigenvalue weighted by molar-refractivity contribution is 4.73. The number of hydrogen-bond donors (Lipinski definition) is 0.